The molecule has 0 radical (unpaired) electrons. The zero-order chi connectivity index (χ0) is 15.9. The van der Waals surface area contributed by atoms with Crippen LogP contribution in [0.15, 0.2) is 41.8 Å². The molecule has 0 aliphatic carbocycles. The van der Waals surface area contributed by atoms with Gasteiger partial charge in [0.25, 0.3) is 0 Å². The van der Waals surface area contributed by atoms with E-state index in [4.69, 9.17) is 5.84 Å². The molecule has 118 valence electrons. The van der Waals surface area contributed by atoms with Crippen molar-refractivity contribution in [2.45, 2.75) is 36.6 Å². The zero-order valence-electron chi connectivity index (χ0n) is 12.8. The second-order valence-corrected chi connectivity index (χ2v) is 6.35. The molecule has 0 bridgehead atoms. The van der Waals surface area contributed by atoms with Gasteiger partial charge in [-0.3, -0.25) is 4.79 Å². The third kappa shape index (κ3) is 4.24. The largest absolute Gasteiger partial charge is 0.355 e. The quantitative estimate of drug-likeness (QED) is 0.600. The molecule has 1 aromatic carbocycles. The summed E-state index contributed by atoms with van der Waals surface area (Å²) in [6.45, 7) is 4.58. The van der Waals surface area contributed by atoms with E-state index < -0.39 is 0 Å². The third-order valence-electron chi connectivity index (χ3n) is 3.48. The molecule has 0 fully saturated rings. The Kier molecular flexibility index (Phi) is 5.83. The van der Waals surface area contributed by atoms with E-state index in [2.05, 4.69) is 34.6 Å². The van der Waals surface area contributed by atoms with Gasteiger partial charge in [0.2, 0.25) is 11.1 Å². The summed E-state index contributed by atoms with van der Waals surface area (Å²) in [7, 11) is 0. The molecule has 3 N–H and O–H groups in total. The maximum absolute atomic E-state index is 12.2. The molecule has 1 amide bonds. The number of carbonyl (C=O) groups is 1. The maximum atomic E-state index is 12.2. The number of nitrogens with zero attached hydrogens (tertiary/aromatic N) is 3. The van der Waals surface area contributed by atoms with E-state index in [1.54, 1.807) is 0 Å². The molecule has 22 heavy (non-hydrogen) atoms. The van der Waals surface area contributed by atoms with E-state index in [0.29, 0.717) is 17.6 Å². The van der Waals surface area contributed by atoms with Crippen LogP contribution in [0.2, 0.25) is 0 Å². The molecule has 1 aromatic heterocycles. The minimum atomic E-state index is -0.278. The van der Waals surface area contributed by atoms with Crippen LogP contribution in [-0.4, -0.2) is 32.6 Å². The second kappa shape index (κ2) is 7.84. The highest BCUT2D eigenvalue weighted by Gasteiger charge is 2.18. The van der Waals surface area contributed by atoms with Crippen molar-refractivity contribution >= 4 is 17.7 Å². The molecule has 0 aliphatic rings. The predicted octanol–water partition coefficient (Wildman–Crippen LogP) is 1.78. The number of nitrogens with two attached hydrogens (primary N) is 1. The summed E-state index contributed by atoms with van der Waals surface area (Å²) in [5, 5.41) is 10.8. The van der Waals surface area contributed by atoms with Crippen LogP contribution >= 0.6 is 11.8 Å². The van der Waals surface area contributed by atoms with E-state index in [9.17, 15) is 4.79 Å². The number of aromatic nitrogens is 3. The van der Waals surface area contributed by atoms with Crippen LogP contribution < -0.4 is 11.2 Å². The highest BCUT2D eigenvalue weighted by molar-refractivity contribution is 8.00. The topological polar surface area (TPSA) is 85.8 Å². The average molecular weight is 319 g/mol. The van der Waals surface area contributed by atoms with Crippen LogP contribution in [0.1, 0.15) is 31.7 Å². The molecule has 0 spiro atoms. The summed E-state index contributed by atoms with van der Waals surface area (Å²) in [5.41, 5.74) is 1.24. The van der Waals surface area contributed by atoms with Gasteiger partial charge in [-0.2, -0.15) is 0 Å². The van der Waals surface area contributed by atoms with Gasteiger partial charge >= 0.3 is 0 Å². The van der Waals surface area contributed by atoms with E-state index >= 15 is 0 Å². The van der Waals surface area contributed by atoms with Crippen LogP contribution in [0.3, 0.4) is 0 Å². The Labute approximate surface area is 134 Å². The van der Waals surface area contributed by atoms with Crippen molar-refractivity contribution in [1.29, 1.82) is 0 Å². The third-order valence-corrected chi connectivity index (χ3v) is 4.55. The Morgan fingerprint density at radius 2 is 2.14 bits per heavy atom. The van der Waals surface area contributed by atoms with Gasteiger partial charge < -0.3 is 11.2 Å². The highest BCUT2D eigenvalue weighted by atomic mass is 32.2. The van der Waals surface area contributed by atoms with Crippen molar-refractivity contribution in [3.63, 3.8) is 0 Å². The standard InChI is InChI=1S/C15H21N5OS/c1-3-12(13-7-5-4-6-8-13)9-17-14(21)11(2)22-15-19-18-10-20(15)16/h4-8,10-12H,3,9,16H2,1-2H3,(H,17,21)/t11-,12+/m0/s1. The fourth-order valence-electron chi connectivity index (χ4n) is 2.12. The van der Waals surface area contributed by atoms with Gasteiger partial charge in [-0.15, -0.1) is 10.2 Å². The van der Waals surface area contributed by atoms with E-state index in [0.717, 1.165) is 6.42 Å². The summed E-state index contributed by atoms with van der Waals surface area (Å²) < 4.78 is 1.31. The van der Waals surface area contributed by atoms with Crippen LogP contribution in [0, 0.1) is 0 Å². The van der Waals surface area contributed by atoms with Crippen molar-refractivity contribution in [3.05, 3.63) is 42.2 Å². The normalized spacial score (nSPS) is 13.5. The Hall–Kier alpha value is -2.02. The summed E-state index contributed by atoms with van der Waals surface area (Å²) in [6.07, 6.45) is 2.39. The number of thioether (sulfide) groups is 1. The van der Waals surface area contributed by atoms with Gasteiger partial charge in [0, 0.05) is 12.5 Å². The van der Waals surface area contributed by atoms with Crippen LogP contribution in [0.4, 0.5) is 0 Å². The second-order valence-electron chi connectivity index (χ2n) is 5.04. The molecule has 2 rings (SSSR count). The molecule has 0 saturated heterocycles. The minimum Gasteiger partial charge on any atom is -0.355 e. The van der Waals surface area contributed by atoms with Gasteiger partial charge in [-0.25, -0.2) is 4.68 Å². The molecule has 0 saturated carbocycles. The summed E-state index contributed by atoms with van der Waals surface area (Å²) in [5.74, 6) is 5.94. The average Bonchev–Trinajstić information content (AvgIpc) is 2.94. The Morgan fingerprint density at radius 3 is 2.73 bits per heavy atom. The maximum Gasteiger partial charge on any atom is 0.233 e. The Bertz CT molecular complexity index is 601. The lowest BCUT2D eigenvalue weighted by atomic mass is 9.96. The fraction of sp³-hybridized carbons (Fsp3) is 0.400. The molecule has 2 aromatic rings. The predicted molar refractivity (Wildman–Crippen MR) is 88.0 cm³/mol. The van der Waals surface area contributed by atoms with E-state index in [1.807, 2.05) is 25.1 Å². The Morgan fingerprint density at radius 1 is 1.41 bits per heavy atom. The van der Waals surface area contributed by atoms with Crippen molar-refractivity contribution in [2.24, 2.45) is 0 Å². The van der Waals surface area contributed by atoms with Gasteiger partial charge in [0.1, 0.15) is 6.33 Å². The number of benzene rings is 1. The Balaban J connectivity index is 1.87. The number of carbonyl (C=O) groups excluding carboxylic acids is 1. The number of nitrogens with one attached hydrogen (secondary N) is 1. The van der Waals surface area contributed by atoms with Crippen molar-refractivity contribution in [2.75, 3.05) is 12.4 Å². The van der Waals surface area contributed by atoms with E-state index in [1.165, 1.54) is 28.3 Å². The lowest BCUT2D eigenvalue weighted by molar-refractivity contribution is -0.120. The summed E-state index contributed by atoms with van der Waals surface area (Å²) in [4.78, 5) is 12.2. The monoisotopic (exact) mass is 319 g/mol. The number of hydrogen-bond acceptors (Lipinski definition) is 5. The van der Waals surface area contributed by atoms with E-state index in [-0.39, 0.29) is 11.2 Å². The number of amides is 1. The molecule has 0 unspecified atom stereocenters. The molecule has 1 heterocycles. The van der Waals surface area contributed by atoms with Crippen molar-refractivity contribution in [3.8, 4) is 0 Å². The first-order valence-electron chi connectivity index (χ1n) is 7.26. The zero-order valence-corrected chi connectivity index (χ0v) is 13.6. The fourth-order valence-corrected chi connectivity index (χ4v) is 2.89. The van der Waals surface area contributed by atoms with Gasteiger partial charge in [-0.05, 0) is 18.9 Å². The van der Waals surface area contributed by atoms with Crippen LogP contribution in [-0.2, 0) is 4.79 Å². The molecule has 7 heteroatoms. The summed E-state index contributed by atoms with van der Waals surface area (Å²) in [6, 6.07) is 10.2. The van der Waals surface area contributed by atoms with Crippen LogP contribution in [0.25, 0.3) is 0 Å². The molecule has 6 nitrogen and oxygen atoms in total. The van der Waals surface area contributed by atoms with Gasteiger partial charge in [-0.1, -0.05) is 49.0 Å². The molecule has 0 aliphatic heterocycles. The van der Waals surface area contributed by atoms with Crippen molar-refractivity contribution in [1.82, 2.24) is 20.2 Å². The number of hydrogen-bond donors (Lipinski definition) is 2. The van der Waals surface area contributed by atoms with Gasteiger partial charge in [0.15, 0.2) is 0 Å². The molecular weight excluding hydrogens is 298 g/mol. The molecule has 2 atom stereocenters. The number of nitrogen functional groups attached to an aromatic ring is 1. The first kappa shape index (κ1) is 16.4. The smallest absolute Gasteiger partial charge is 0.233 e. The van der Waals surface area contributed by atoms with Crippen molar-refractivity contribution < 1.29 is 4.79 Å². The first-order chi connectivity index (χ1) is 10.6. The SMILES string of the molecule is CC[C@H](CNC(=O)[C@H](C)Sc1nncn1N)c1ccccc1. The van der Waals surface area contributed by atoms with Crippen LogP contribution in [0.5, 0.6) is 0 Å². The minimum absolute atomic E-state index is 0.0256. The lowest BCUT2D eigenvalue weighted by Gasteiger charge is -2.18. The summed E-state index contributed by atoms with van der Waals surface area (Å²) >= 11 is 1.29. The molecular formula is C15H21N5OS. The van der Waals surface area contributed by atoms with Gasteiger partial charge in [0.05, 0.1) is 5.25 Å². The lowest BCUT2D eigenvalue weighted by Crippen LogP contribution is -2.34. The number of rotatable bonds is 7. The highest BCUT2D eigenvalue weighted by Crippen LogP contribution is 2.21. The first-order valence-corrected chi connectivity index (χ1v) is 8.14.